The van der Waals surface area contributed by atoms with E-state index in [1.165, 1.54) is 64.6 Å². The first-order chi connectivity index (χ1) is 20.5. The van der Waals surface area contributed by atoms with Crippen LogP contribution in [0.5, 0.6) is 11.5 Å². The summed E-state index contributed by atoms with van der Waals surface area (Å²) in [5.74, 6) is 2.16. The number of rotatable bonds is 4. The van der Waals surface area contributed by atoms with E-state index in [0.717, 1.165) is 24.3 Å². The van der Waals surface area contributed by atoms with Crippen molar-refractivity contribution in [2.24, 2.45) is 50.2 Å². The molecule has 5 aliphatic rings. The summed E-state index contributed by atoms with van der Waals surface area (Å²) >= 11 is 0. The van der Waals surface area contributed by atoms with Gasteiger partial charge in [0.2, 0.25) is 0 Å². The molecule has 5 aliphatic carbocycles. The van der Waals surface area contributed by atoms with Crippen molar-refractivity contribution >= 4 is 12.0 Å². The van der Waals surface area contributed by atoms with Crippen LogP contribution in [0.4, 0.5) is 0 Å². The molecule has 4 nitrogen and oxygen atoms in total. The van der Waals surface area contributed by atoms with Crippen LogP contribution in [-0.4, -0.2) is 24.3 Å². The molecule has 0 unspecified atom stereocenters. The molecule has 4 saturated carbocycles. The second-order valence-electron chi connectivity index (χ2n) is 18.0. The van der Waals surface area contributed by atoms with Crippen LogP contribution in [0.1, 0.15) is 125 Å². The molecule has 4 heteroatoms. The zero-order chi connectivity index (χ0) is 31.9. The maximum absolute atomic E-state index is 13.1. The van der Waals surface area contributed by atoms with Crippen molar-refractivity contribution < 1.29 is 19.4 Å². The third-order valence-corrected chi connectivity index (χ3v) is 14.6. The Kier molecular flexibility index (Phi) is 7.50. The molecule has 242 valence electrons. The van der Waals surface area contributed by atoms with Crippen molar-refractivity contribution in [1.29, 1.82) is 0 Å². The number of carbonyl (C=O) groups excluding carboxylic acids is 1. The van der Waals surface area contributed by atoms with E-state index in [9.17, 15) is 9.90 Å². The Bertz CT molecular complexity index is 1370. The maximum atomic E-state index is 13.1. The number of aromatic hydroxyl groups is 1. The van der Waals surface area contributed by atoms with Crippen molar-refractivity contribution in [3.63, 3.8) is 0 Å². The predicted octanol–water partition coefficient (Wildman–Crippen LogP) is 10.1. The highest BCUT2D eigenvalue weighted by Gasteiger charge is 2.67. The standard InChI is InChI=1S/C40H58O4/c1-35(2)22-23-37(5)18-14-30-39(7)19-15-29-36(3,4)33(44-34(42)13-11-26-10-12-27(41)28(24-26)43-9)17-21-38(29,6)31(39)16-20-40(30,8)32(37)25-35/h10-14,24,29,31-33,41H,15-23,25H2,1-9H3/b13-11+/t29-,31+,32+,33+,37-,38+,39-,40+/m0/s1. The first kappa shape index (κ1) is 31.7. The number of phenolic OH excluding ortho intramolecular Hbond substituents is 1. The lowest BCUT2D eigenvalue weighted by Gasteiger charge is -2.70. The number of hydrogen-bond acceptors (Lipinski definition) is 4. The molecule has 0 aliphatic heterocycles. The third kappa shape index (κ3) is 4.79. The van der Waals surface area contributed by atoms with Crippen LogP contribution >= 0.6 is 0 Å². The zero-order valence-corrected chi connectivity index (χ0v) is 29.0. The maximum Gasteiger partial charge on any atom is 0.331 e. The number of phenols is 1. The van der Waals surface area contributed by atoms with Gasteiger partial charge in [-0.25, -0.2) is 4.79 Å². The van der Waals surface area contributed by atoms with Crippen LogP contribution < -0.4 is 4.74 Å². The van der Waals surface area contributed by atoms with E-state index < -0.39 is 0 Å². The smallest absolute Gasteiger partial charge is 0.331 e. The predicted molar refractivity (Wildman–Crippen MR) is 178 cm³/mol. The monoisotopic (exact) mass is 602 g/mol. The Hall–Kier alpha value is -2.23. The Morgan fingerprint density at radius 1 is 0.864 bits per heavy atom. The van der Waals surface area contributed by atoms with Crippen LogP contribution in [0, 0.1) is 50.2 Å². The summed E-state index contributed by atoms with van der Waals surface area (Å²) in [4.78, 5) is 13.1. The fraction of sp³-hybridized carbons (Fsp3) is 0.725. The van der Waals surface area contributed by atoms with E-state index in [4.69, 9.17) is 9.47 Å². The molecule has 0 saturated heterocycles. The summed E-state index contributed by atoms with van der Waals surface area (Å²) in [7, 11) is 1.52. The van der Waals surface area contributed by atoms with E-state index in [1.807, 2.05) is 5.57 Å². The number of fused-ring (bicyclic) bond motifs is 7. The summed E-state index contributed by atoms with van der Waals surface area (Å²) in [5.41, 5.74) is 4.23. The van der Waals surface area contributed by atoms with Crippen LogP contribution in [0.3, 0.4) is 0 Å². The molecule has 1 aromatic rings. The van der Waals surface area contributed by atoms with Crippen molar-refractivity contribution in [2.75, 3.05) is 7.11 Å². The first-order valence-corrected chi connectivity index (χ1v) is 17.5. The third-order valence-electron chi connectivity index (χ3n) is 14.6. The number of hydrogen-bond donors (Lipinski definition) is 1. The number of benzene rings is 1. The minimum absolute atomic E-state index is 0.0848. The number of esters is 1. The van der Waals surface area contributed by atoms with Gasteiger partial charge in [0.25, 0.3) is 0 Å². The molecule has 1 aromatic carbocycles. The molecule has 8 atom stereocenters. The molecule has 0 heterocycles. The van der Waals surface area contributed by atoms with Gasteiger partial charge in [-0.3, -0.25) is 0 Å². The van der Waals surface area contributed by atoms with Crippen LogP contribution in [0.25, 0.3) is 6.08 Å². The largest absolute Gasteiger partial charge is 0.504 e. The Balaban J connectivity index is 1.21. The molecule has 44 heavy (non-hydrogen) atoms. The molecule has 1 N–H and O–H groups in total. The van der Waals surface area contributed by atoms with Crippen molar-refractivity contribution in [2.45, 2.75) is 126 Å². The lowest BCUT2D eigenvalue weighted by molar-refractivity contribution is -0.197. The van der Waals surface area contributed by atoms with Crippen molar-refractivity contribution in [3.8, 4) is 11.5 Å². The van der Waals surface area contributed by atoms with Gasteiger partial charge in [0.1, 0.15) is 6.10 Å². The summed E-state index contributed by atoms with van der Waals surface area (Å²) in [5, 5.41) is 9.89. The van der Waals surface area contributed by atoms with Gasteiger partial charge < -0.3 is 14.6 Å². The van der Waals surface area contributed by atoms with Gasteiger partial charge in [0.15, 0.2) is 11.5 Å². The van der Waals surface area contributed by atoms with Gasteiger partial charge in [0, 0.05) is 11.5 Å². The molecule has 0 amide bonds. The normalized spacial score (nSPS) is 42.2. The Morgan fingerprint density at radius 2 is 1.55 bits per heavy atom. The van der Waals surface area contributed by atoms with Crippen LogP contribution in [0.15, 0.2) is 35.9 Å². The van der Waals surface area contributed by atoms with Gasteiger partial charge in [-0.1, -0.05) is 73.1 Å². The summed E-state index contributed by atoms with van der Waals surface area (Å²) in [6.07, 6.45) is 18.4. The van der Waals surface area contributed by atoms with Gasteiger partial charge in [-0.2, -0.15) is 0 Å². The number of carbonyl (C=O) groups is 1. The minimum Gasteiger partial charge on any atom is -0.504 e. The highest BCUT2D eigenvalue weighted by atomic mass is 16.5. The van der Waals surface area contributed by atoms with Gasteiger partial charge in [-0.15, -0.1) is 0 Å². The lowest BCUT2D eigenvalue weighted by atomic mass is 9.34. The number of allylic oxidation sites excluding steroid dienone is 2. The molecule has 0 aromatic heterocycles. The molecule has 4 fully saturated rings. The van der Waals surface area contributed by atoms with Crippen LogP contribution in [0.2, 0.25) is 0 Å². The van der Waals surface area contributed by atoms with E-state index in [2.05, 4.69) is 61.5 Å². The fourth-order valence-electron chi connectivity index (χ4n) is 12.2. The average molecular weight is 603 g/mol. The van der Waals surface area contributed by atoms with Gasteiger partial charge in [-0.05, 0) is 133 Å². The highest BCUT2D eigenvalue weighted by molar-refractivity contribution is 5.87. The van der Waals surface area contributed by atoms with Gasteiger partial charge >= 0.3 is 5.97 Å². The molecule has 0 spiro atoms. The number of ether oxygens (including phenoxy) is 2. The summed E-state index contributed by atoms with van der Waals surface area (Å²) < 4.78 is 11.5. The topological polar surface area (TPSA) is 55.8 Å². The van der Waals surface area contributed by atoms with E-state index >= 15 is 0 Å². The zero-order valence-electron chi connectivity index (χ0n) is 29.0. The molecular weight excluding hydrogens is 544 g/mol. The highest BCUT2D eigenvalue weighted by Crippen LogP contribution is 2.75. The minimum atomic E-state index is -0.293. The molecule has 0 radical (unpaired) electrons. The first-order valence-electron chi connectivity index (χ1n) is 17.5. The Labute approximate surface area is 267 Å². The average Bonchev–Trinajstić information content (AvgIpc) is 2.94. The lowest BCUT2D eigenvalue weighted by Crippen LogP contribution is -2.63. The van der Waals surface area contributed by atoms with E-state index in [0.29, 0.717) is 33.8 Å². The fourth-order valence-corrected chi connectivity index (χ4v) is 12.2. The molecular formula is C40H58O4. The molecule has 0 bridgehead atoms. The summed E-state index contributed by atoms with van der Waals surface area (Å²) in [6.45, 7) is 20.3. The Morgan fingerprint density at radius 3 is 2.25 bits per heavy atom. The van der Waals surface area contributed by atoms with Crippen LogP contribution in [-0.2, 0) is 9.53 Å². The SMILES string of the molecule is COc1cc(/C=C/C(=O)O[C@@H]2CC[C@@]3(C)[C@H]4CC[C@]5(C)C(=CC[C@@]6(C)CCC(C)(C)C[C@H]65)[C@]4(C)CC[C@H]3C2(C)C)ccc1O. The van der Waals surface area contributed by atoms with E-state index in [-0.39, 0.29) is 34.1 Å². The van der Waals surface area contributed by atoms with Crippen molar-refractivity contribution in [1.82, 2.24) is 0 Å². The van der Waals surface area contributed by atoms with Crippen molar-refractivity contribution in [3.05, 3.63) is 41.5 Å². The second-order valence-corrected chi connectivity index (χ2v) is 18.0. The van der Waals surface area contributed by atoms with Gasteiger partial charge in [0.05, 0.1) is 7.11 Å². The second kappa shape index (κ2) is 10.4. The summed E-state index contributed by atoms with van der Waals surface area (Å²) in [6, 6.07) is 5.07. The molecule has 6 rings (SSSR count). The number of methoxy groups -OCH3 is 1. The quantitative estimate of drug-likeness (QED) is 0.212. The van der Waals surface area contributed by atoms with E-state index in [1.54, 1.807) is 24.3 Å².